The van der Waals surface area contributed by atoms with Crippen LogP contribution in [0.2, 0.25) is 0 Å². The highest BCUT2D eigenvalue weighted by atomic mass is 16.5. The number of nitrogens with zero attached hydrogens (tertiary/aromatic N) is 1. The van der Waals surface area contributed by atoms with Gasteiger partial charge in [0.25, 0.3) is 0 Å². The molecule has 2 aliphatic rings. The number of amides is 3. The first kappa shape index (κ1) is 19.1. The lowest BCUT2D eigenvalue weighted by atomic mass is 9.85. The molecular weight excluding hydrogens is 344 g/mol. The second-order valence-corrected chi connectivity index (χ2v) is 7.04. The summed E-state index contributed by atoms with van der Waals surface area (Å²) in [6, 6.07) is 7.47. The molecule has 3 atom stereocenters. The first-order chi connectivity index (χ1) is 13.0. The van der Waals surface area contributed by atoms with Gasteiger partial charge in [-0.25, -0.2) is 0 Å². The fourth-order valence-electron chi connectivity index (χ4n) is 3.83. The van der Waals surface area contributed by atoms with E-state index in [-0.39, 0.29) is 48.6 Å². The van der Waals surface area contributed by atoms with Gasteiger partial charge >= 0.3 is 0 Å². The van der Waals surface area contributed by atoms with Crippen molar-refractivity contribution in [2.24, 2.45) is 11.8 Å². The van der Waals surface area contributed by atoms with E-state index >= 15 is 0 Å². The lowest BCUT2D eigenvalue weighted by molar-refractivity contribution is -0.140. The number of ether oxygens (including phenoxy) is 1. The summed E-state index contributed by atoms with van der Waals surface area (Å²) in [4.78, 5) is 38.6. The number of methoxy groups -OCH3 is 1. The smallest absolute Gasteiger partial charge is 0.233 e. The van der Waals surface area contributed by atoms with Crippen molar-refractivity contribution < 1.29 is 19.1 Å². The lowest BCUT2D eigenvalue weighted by Gasteiger charge is -2.19. The number of nitrogens with one attached hydrogen (secondary N) is 1. The zero-order valence-corrected chi connectivity index (χ0v) is 15.8. The Morgan fingerprint density at radius 3 is 2.26 bits per heavy atom. The molecule has 1 N–H and O–H groups in total. The van der Waals surface area contributed by atoms with E-state index in [1.165, 1.54) is 4.90 Å². The molecule has 3 rings (SSSR count). The molecule has 1 aliphatic heterocycles. The molecule has 6 heteroatoms. The third kappa shape index (κ3) is 4.04. The van der Waals surface area contributed by atoms with Crippen molar-refractivity contribution in [3.05, 3.63) is 42.0 Å². The summed E-state index contributed by atoms with van der Waals surface area (Å²) in [5.74, 6) is -0.150. The maximum Gasteiger partial charge on any atom is 0.233 e. The number of carbonyl (C=O) groups is 3. The number of benzene rings is 1. The van der Waals surface area contributed by atoms with Crippen molar-refractivity contribution in [3.8, 4) is 5.75 Å². The van der Waals surface area contributed by atoms with E-state index in [1.54, 1.807) is 7.11 Å². The molecule has 6 nitrogen and oxygen atoms in total. The Hall–Kier alpha value is -2.63. The van der Waals surface area contributed by atoms with Crippen LogP contribution in [-0.4, -0.2) is 36.3 Å². The highest BCUT2D eigenvalue weighted by Crippen LogP contribution is 2.35. The Labute approximate surface area is 159 Å². The zero-order valence-electron chi connectivity index (χ0n) is 15.8. The third-order valence-electron chi connectivity index (χ3n) is 5.42. The van der Waals surface area contributed by atoms with Gasteiger partial charge < -0.3 is 10.1 Å². The molecule has 3 amide bonds. The SMILES string of the molecule is CCC(NC(=O)CCN1C(=O)[C@H]2CC=CC[C@H]2C1=O)c1ccc(OC)cc1. The standard InChI is InChI=1S/C21H26N2O4/c1-3-18(14-8-10-15(27-2)11-9-14)22-19(24)12-13-23-20(25)16-6-4-5-7-17(16)21(23)26/h4-5,8-11,16-18H,3,6-7,12-13H2,1-2H3,(H,22,24)/t16-,17+,18?. The Morgan fingerprint density at radius 2 is 1.74 bits per heavy atom. The van der Waals surface area contributed by atoms with E-state index in [4.69, 9.17) is 4.74 Å². The fraction of sp³-hybridized carbons (Fsp3) is 0.476. The predicted molar refractivity (Wildman–Crippen MR) is 101 cm³/mol. The van der Waals surface area contributed by atoms with Gasteiger partial charge in [-0.1, -0.05) is 31.2 Å². The van der Waals surface area contributed by atoms with Crippen LogP contribution in [0.1, 0.15) is 44.2 Å². The highest BCUT2D eigenvalue weighted by Gasteiger charge is 2.46. The van der Waals surface area contributed by atoms with Crippen LogP contribution >= 0.6 is 0 Å². The molecular formula is C21H26N2O4. The lowest BCUT2D eigenvalue weighted by Crippen LogP contribution is -2.36. The molecule has 1 aliphatic carbocycles. The van der Waals surface area contributed by atoms with Gasteiger partial charge in [0.1, 0.15) is 5.75 Å². The topological polar surface area (TPSA) is 75.7 Å². The second-order valence-electron chi connectivity index (χ2n) is 7.04. The average Bonchev–Trinajstić information content (AvgIpc) is 2.95. The Bertz CT molecular complexity index is 715. The largest absolute Gasteiger partial charge is 0.497 e. The highest BCUT2D eigenvalue weighted by molar-refractivity contribution is 6.05. The van der Waals surface area contributed by atoms with Crippen LogP contribution in [0.5, 0.6) is 5.75 Å². The van der Waals surface area contributed by atoms with Crippen molar-refractivity contribution in [1.82, 2.24) is 10.2 Å². The van der Waals surface area contributed by atoms with E-state index in [0.717, 1.165) is 17.7 Å². The molecule has 1 aromatic carbocycles. The molecule has 0 bridgehead atoms. The minimum absolute atomic E-state index is 0.111. The monoisotopic (exact) mass is 370 g/mol. The van der Waals surface area contributed by atoms with Crippen LogP contribution < -0.4 is 10.1 Å². The number of likely N-dealkylation sites (tertiary alicyclic amines) is 1. The van der Waals surface area contributed by atoms with Crippen LogP contribution in [0.3, 0.4) is 0 Å². The molecule has 1 unspecified atom stereocenters. The minimum atomic E-state index is -0.242. The van der Waals surface area contributed by atoms with Crippen molar-refractivity contribution in [2.75, 3.05) is 13.7 Å². The van der Waals surface area contributed by atoms with Crippen LogP contribution in [0.25, 0.3) is 0 Å². The first-order valence-electron chi connectivity index (χ1n) is 9.48. The number of imide groups is 1. The van der Waals surface area contributed by atoms with Gasteiger partial charge in [-0.3, -0.25) is 19.3 Å². The number of hydrogen-bond acceptors (Lipinski definition) is 4. The third-order valence-corrected chi connectivity index (χ3v) is 5.42. The van der Waals surface area contributed by atoms with Crippen molar-refractivity contribution in [1.29, 1.82) is 0 Å². The maximum atomic E-state index is 12.5. The van der Waals surface area contributed by atoms with Crippen LogP contribution in [0.15, 0.2) is 36.4 Å². The van der Waals surface area contributed by atoms with Gasteiger partial charge in [-0.05, 0) is 37.0 Å². The Morgan fingerprint density at radius 1 is 1.15 bits per heavy atom. The molecule has 27 heavy (non-hydrogen) atoms. The fourth-order valence-corrected chi connectivity index (χ4v) is 3.83. The number of allylic oxidation sites excluding steroid dienone is 2. The molecule has 0 aromatic heterocycles. The summed E-state index contributed by atoms with van der Waals surface area (Å²) in [6.07, 6.45) is 6.03. The molecule has 1 saturated heterocycles. The first-order valence-corrected chi connectivity index (χ1v) is 9.48. The molecule has 1 fully saturated rings. The van der Waals surface area contributed by atoms with E-state index in [0.29, 0.717) is 12.8 Å². The minimum Gasteiger partial charge on any atom is -0.497 e. The van der Waals surface area contributed by atoms with Gasteiger partial charge in [0, 0.05) is 13.0 Å². The van der Waals surface area contributed by atoms with Gasteiger partial charge in [0.15, 0.2) is 0 Å². The number of rotatable bonds is 7. The van der Waals surface area contributed by atoms with Gasteiger partial charge in [0.05, 0.1) is 25.0 Å². The van der Waals surface area contributed by atoms with Crippen molar-refractivity contribution >= 4 is 17.7 Å². The molecule has 1 aromatic rings. The summed E-state index contributed by atoms with van der Waals surface area (Å²) in [7, 11) is 1.61. The van der Waals surface area contributed by atoms with Gasteiger partial charge in [-0.15, -0.1) is 0 Å². The number of carbonyl (C=O) groups excluding carboxylic acids is 3. The van der Waals surface area contributed by atoms with Crippen LogP contribution in [0, 0.1) is 11.8 Å². The average molecular weight is 370 g/mol. The Balaban J connectivity index is 1.55. The number of hydrogen-bond donors (Lipinski definition) is 1. The summed E-state index contributed by atoms with van der Waals surface area (Å²) in [5, 5.41) is 3.00. The van der Waals surface area contributed by atoms with E-state index in [1.807, 2.05) is 43.3 Å². The second kappa shape index (κ2) is 8.37. The van der Waals surface area contributed by atoms with Crippen molar-refractivity contribution in [2.45, 2.75) is 38.6 Å². The normalized spacial score (nSPS) is 22.5. The van der Waals surface area contributed by atoms with Crippen LogP contribution in [0.4, 0.5) is 0 Å². The van der Waals surface area contributed by atoms with E-state index in [2.05, 4.69) is 5.32 Å². The summed E-state index contributed by atoms with van der Waals surface area (Å²) in [6.45, 7) is 2.15. The molecule has 0 saturated carbocycles. The Kier molecular flexibility index (Phi) is 5.94. The summed E-state index contributed by atoms with van der Waals surface area (Å²) >= 11 is 0. The molecule has 1 heterocycles. The van der Waals surface area contributed by atoms with E-state index < -0.39 is 0 Å². The molecule has 0 spiro atoms. The number of fused-ring (bicyclic) bond motifs is 1. The van der Waals surface area contributed by atoms with Gasteiger partial charge in [0.2, 0.25) is 17.7 Å². The molecule has 144 valence electrons. The quantitative estimate of drug-likeness (QED) is 0.591. The summed E-state index contributed by atoms with van der Waals surface area (Å²) < 4.78 is 5.16. The zero-order chi connectivity index (χ0) is 19.4. The maximum absolute atomic E-state index is 12.5. The van der Waals surface area contributed by atoms with E-state index in [9.17, 15) is 14.4 Å². The van der Waals surface area contributed by atoms with Crippen LogP contribution in [-0.2, 0) is 14.4 Å². The predicted octanol–water partition coefficient (Wildman–Crippen LogP) is 2.60. The van der Waals surface area contributed by atoms with Gasteiger partial charge in [-0.2, -0.15) is 0 Å². The summed E-state index contributed by atoms with van der Waals surface area (Å²) in [5.41, 5.74) is 0.997. The van der Waals surface area contributed by atoms with Crippen molar-refractivity contribution in [3.63, 3.8) is 0 Å². The molecule has 0 radical (unpaired) electrons.